The van der Waals surface area contributed by atoms with E-state index in [1.807, 2.05) is 54.6 Å². The second-order valence-corrected chi connectivity index (χ2v) is 5.69. The standard InChI is InChI=1S/C19H20N2O2/c1-2-14-8-10-15(11-9-14)18(22)20-17-12-13-21(19(17)23)16-6-4-3-5-7-16/h3-11,17H,2,12-13H2,1H3,(H,20,22)/t17-/m0/s1. The first-order chi connectivity index (χ1) is 11.2. The van der Waals surface area contributed by atoms with E-state index >= 15 is 0 Å². The molecule has 118 valence electrons. The Morgan fingerprint density at radius 2 is 1.83 bits per heavy atom. The van der Waals surface area contributed by atoms with Gasteiger partial charge in [0, 0.05) is 17.8 Å². The highest BCUT2D eigenvalue weighted by atomic mass is 16.2. The molecule has 1 N–H and O–H groups in total. The summed E-state index contributed by atoms with van der Waals surface area (Å²) in [5.41, 5.74) is 2.66. The van der Waals surface area contributed by atoms with E-state index in [2.05, 4.69) is 12.2 Å². The number of benzene rings is 2. The number of carbonyl (C=O) groups excluding carboxylic acids is 2. The summed E-state index contributed by atoms with van der Waals surface area (Å²) in [6.45, 7) is 2.70. The fourth-order valence-electron chi connectivity index (χ4n) is 2.81. The zero-order chi connectivity index (χ0) is 16.2. The van der Waals surface area contributed by atoms with Gasteiger partial charge in [-0.3, -0.25) is 9.59 Å². The van der Waals surface area contributed by atoms with E-state index in [1.165, 1.54) is 5.56 Å². The zero-order valence-electron chi connectivity index (χ0n) is 13.2. The Morgan fingerprint density at radius 3 is 2.48 bits per heavy atom. The maximum Gasteiger partial charge on any atom is 0.251 e. The highest BCUT2D eigenvalue weighted by molar-refractivity contribution is 6.03. The van der Waals surface area contributed by atoms with Gasteiger partial charge in [0.05, 0.1) is 0 Å². The number of nitrogens with zero attached hydrogens (tertiary/aromatic N) is 1. The summed E-state index contributed by atoms with van der Waals surface area (Å²) in [7, 11) is 0. The van der Waals surface area contributed by atoms with Crippen molar-refractivity contribution in [3.8, 4) is 0 Å². The quantitative estimate of drug-likeness (QED) is 0.944. The fourth-order valence-corrected chi connectivity index (χ4v) is 2.81. The van der Waals surface area contributed by atoms with Gasteiger partial charge in [0.15, 0.2) is 0 Å². The minimum Gasteiger partial charge on any atom is -0.340 e. The second-order valence-electron chi connectivity index (χ2n) is 5.69. The Kier molecular flexibility index (Phi) is 4.42. The fraction of sp³-hybridized carbons (Fsp3) is 0.263. The van der Waals surface area contributed by atoms with E-state index in [-0.39, 0.29) is 11.8 Å². The molecule has 4 nitrogen and oxygen atoms in total. The van der Waals surface area contributed by atoms with Crippen LogP contribution in [0.4, 0.5) is 5.69 Å². The molecule has 2 aromatic rings. The van der Waals surface area contributed by atoms with Gasteiger partial charge in [0.25, 0.3) is 5.91 Å². The molecule has 1 aliphatic heterocycles. The lowest BCUT2D eigenvalue weighted by Crippen LogP contribution is -2.41. The Labute approximate surface area is 136 Å². The summed E-state index contributed by atoms with van der Waals surface area (Å²) in [5, 5.41) is 2.85. The maximum atomic E-state index is 12.5. The first kappa shape index (κ1) is 15.3. The molecule has 1 atom stereocenters. The van der Waals surface area contributed by atoms with Gasteiger partial charge in [-0.2, -0.15) is 0 Å². The molecule has 3 rings (SSSR count). The molecule has 1 saturated heterocycles. The maximum absolute atomic E-state index is 12.5. The minimum atomic E-state index is -0.450. The van der Waals surface area contributed by atoms with Crippen molar-refractivity contribution in [1.82, 2.24) is 5.32 Å². The topological polar surface area (TPSA) is 49.4 Å². The van der Waals surface area contributed by atoms with Gasteiger partial charge in [-0.05, 0) is 42.7 Å². The van der Waals surface area contributed by atoms with E-state index in [1.54, 1.807) is 4.90 Å². The molecule has 1 heterocycles. The van der Waals surface area contributed by atoms with Crippen molar-refractivity contribution in [2.45, 2.75) is 25.8 Å². The number of hydrogen-bond acceptors (Lipinski definition) is 2. The van der Waals surface area contributed by atoms with Crippen LogP contribution < -0.4 is 10.2 Å². The summed E-state index contributed by atoms with van der Waals surface area (Å²) in [6, 6.07) is 16.6. The molecule has 2 amide bonds. The molecular weight excluding hydrogens is 288 g/mol. The van der Waals surface area contributed by atoms with E-state index in [0.29, 0.717) is 18.5 Å². The number of aryl methyl sites for hydroxylation is 1. The second kappa shape index (κ2) is 6.65. The van der Waals surface area contributed by atoms with Crippen LogP contribution >= 0.6 is 0 Å². The van der Waals surface area contributed by atoms with Gasteiger partial charge >= 0.3 is 0 Å². The predicted molar refractivity (Wildman–Crippen MR) is 90.5 cm³/mol. The van der Waals surface area contributed by atoms with Crippen molar-refractivity contribution in [2.75, 3.05) is 11.4 Å². The summed E-state index contributed by atoms with van der Waals surface area (Å²) >= 11 is 0. The lowest BCUT2D eigenvalue weighted by atomic mass is 10.1. The lowest BCUT2D eigenvalue weighted by molar-refractivity contribution is -0.118. The average Bonchev–Trinajstić information content (AvgIpc) is 2.96. The van der Waals surface area contributed by atoms with Crippen molar-refractivity contribution in [2.24, 2.45) is 0 Å². The average molecular weight is 308 g/mol. The lowest BCUT2D eigenvalue weighted by Gasteiger charge is -2.17. The van der Waals surface area contributed by atoms with Gasteiger partial charge < -0.3 is 10.2 Å². The van der Waals surface area contributed by atoms with Crippen molar-refractivity contribution in [3.05, 3.63) is 65.7 Å². The van der Waals surface area contributed by atoms with Crippen LogP contribution in [-0.2, 0) is 11.2 Å². The van der Waals surface area contributed by atoms with Gasteiger partial charge in [-0.25, -0.2) is 0 Å². The SMILES string of the molecule is CCc1ccc(C(=O)N[C@H]2CCN(c3ccccc3)C2=O)cc1. The molecule has 2 aromatic carbocycles. The Bertz CT molecular complexity index is 695. The third-order valence-corrected chi connectivity index (χ3v) is 4.20. The van der Waals surface area contributed by atoms with Crippen molar-refractivity contribution in [3.63, 3.8) is 0 Å². The van der Waals surface area contributed by atoms with Crippen molar-refractivity contribution >= 4 is 17.5 Å². The third-order valence-electron chi connectivity index (χ3n) is 4.20. The number of anilines is 1. The van der Waals surface area contributed by atoms with E-state index in [9.17, 15) is 9.59 Å². The van der Waals surface area contributed by atoms with Crippen LogP contribution in [0, 0.1) is 0 Å². The molecule has 0 aromatic heterocycles. The largest absolute Gasteiger partial charge is 0.340 e. The first-order valence-electron chi connectivity index (χ1n) is 7.95. The molecule has 0 radical (unpaired) electrons. The van der Waals surface area contributed by atoms with Crippen LogP contribution in [0.2, 0.25) is 0 Å². The normalized spacial score (nSPS) is 17.3. The van der Waals surface area contributed by atoms with Gasteiger partial charge in [0.2, 0.25) is 5.91 Å². The molecular formula is C19H20N2O2. The minimum absolute atomic E-state index is 0.0465. The summed E-state index contributed by atoms with van der Waals surface area (Å²) in [6.07, 6.45) is 1.57. The van der Waals surface area contributed by atoms with E-state index in [4.69, 9.17) is 0 Å². The molecule has 4 heteroatoms. The summed E-state index contributed by atoms with van der Waals surface area (Å²) < 4.78 is 0. The van der Waals surface area contributed by atoms with Crippen LogP contribution in [0.25, 0.3) is 0 Å². The molecule has 1 aliphatic rings. The molecule has 0 spiro atoms. The Balaban J connectivity index is 1.66. The van der Waals surface area contributed by atoms with Crippen LogP contribution in [0.3, 0.4) is 0 Å². The number of para-hydroxylation sites is 1. The third kappa shape index (κ3) is 3.26. The predicted octanol–water partition coefficient (Wildman–Crippen LogP) is 2.78. The highest BCUT2D eigenvalue weighted by Gasteiger charge is 2.33. The number of carbonyl (C=O) groups is 2. The van der Waals surface area contributed by atoms with Crippen LogP contribution in [0.1, 0.15) is 29.3 Å². The number of hydrogen-bond donors (Lipinski definition) is 1. The summed E-state index contributed by atoms with van der Waals surface area (Å²) in [4.78, 5) is 26.5. The first-order valence-corrected chi connectivity index (χ1v) is 7.95. The van der Waals surface area contributed by atoms with Gasteiger partial charge in [-0.1, -0.05) is 37.3 Å². The Hall–Kier alpha value is -2.62. The smallest absolute Gasteiger partial charge is 0.251 e. The summed E-state index contributed by atoms with van der Waals surface area (Å²) in [5.74, 6) is -0.240. The zero-order valence-corrected chi connectivity index (χ0v) is 13.2. The van der Waals surface area contributed by atoms with Crippen molar-refractivity contribution < 1.29 is 9.59 Å². The molecule has 1 fully saturated rings. The molecule has 23 heavy (non-hydrogen) atoms. The van der Waals surface area contributed by atoms with Crippen molar-refractivity contribution in [1.29, 1.82) is 0 Å². The number of amides is 2. The molecule has 0 unspecified atom stereocenters. The number of rotatable bonds is 4. The number of nitrogens with one attached hydrogen (secondary N) is 1. The van der Waals surface area contributed by atoms with Crippen LogP contribution in [0.15, 0.2) is 54.6 Å². The van der Waals surface area contributed by atoms with Gasteiger partial charge in [-0.15, -0.1) is 0 Å². The molecule has 0 bridgehead atoms. The Morgan fingerprint density at radius 1 is 1.13 bits per heavy atom. The van der Waals surface area contributed by atoms with Crippen LogP contribution in [-0.4, -0.2) is 24.4 Å². The highest BCUT2D eigenvalue weighted by Crippen LogP contribution is 2.21. The molecule has 0 saturated carbocycles. The van der Waals surface area contributed by atoms with E-state index < -0.39 is 6.04 Å². The van der Waals surface area contributed by atoms with Crippen LogP contribution in [0.5, 0.6) is 0 Å². The van der Waals surface area contributed by atoms with E-state index in [0.717, 1.165) is 12.1 Å². The van der Waals surface area contributed by atoms with Gasteiger partial charge in [0.1, 0.15) is 6.04 Å². The monoisotopic (exact) mass is 308 g/mol. The molecule has 0 aliphatic carbocycles.